The molecule has 5 heteroatoms. The molecule has 2 atom stereocenters. The van der Waals surface area contributed by atoms with Crippen LogP contribution in [0.25, 0.3) is 0 Å². The van der Waals surface area contributed by atoms with Crippen LogP contribution in [-0.2, 0) is 15.9 Å². The van der Waals surface area contributed by atoms with Crippen LogP contribution >= 0.6 is 0 Å². The maximum absolute atomic E-state index is 13.4. The first-order chi connectivity index (χ1) is 9.73. The molecule has 1 amide bonds. The zero-order valence-corrected chi connectivity index (χ0v) is 12.9. The number of hydrogen-bond acceptors (Lipinski definition) is 3. The Kier molecular flexibility index (Phi) is 4.52. The van der Waals surface area contributed by atoms with Crippen LogP contribution in [0.5, 0.6) is 0 Å². The second-order valence-electron chi connectivity index (χ2n) is 6.47. The summed E-state index contributed by atoms with van der Waals surface area (Å²) in [5.74, 6) is -0.266. The van der Waals surface area contributed by atoms with Gasteiger partial charge in [-0.05, 0) is 57.4 Å². The molecule has 1 aromatic rings. The number of benzene rings is 1. The quantitative estimate of drug-likeness (QED) is 0.869. The van der Waals surface area contributed by atoms with Crippen LogP contribution in [0.1, 0.15) is 31.9 Å². The van der Waals surface area contributed by atoms with Crippen molar-refractivity contribution in [3.8, 4) is 0 Å². The average Bonchev–Trinajstić information content (AvgIpc) is 3.06. The molecule has 0 bridgehead atoms. The van der Waals surface area contributed by atoms with Gasteiger partial charge < -0.3 is 14.8 Å². The van der Waals surface area contributed by atoms with Gasteiger partial charge in [-0.25, -0.2) is 9.18 Å². The maximum atomic E-state index is 13.4. The summed E-state index contributed by atoms with van der Waals surface area (Å²) < 4.78 is 24.0. The molecule has 116 valence electrons. The third-order valence-corrected chi connectivity index (χ3v) is 3.07. The summed E-state index contributed by atoms with van der Waals surface area (Å²) in [5, 5.41) is 2.81. The summed E-state index contributed by atoms with van der Waals surface area (Å²) in [6, 6.07) is 4.67. The predicted octanol–water partition coefficient (Wildman–Crippen LogP) is 2.97. The molecule has 1 saturated heterocycles. The molecule has 1 aliphatic heterocycles. The topological polar surface area (TPSA) is 50.9 Å². The highest BCUT2D eigenvalue weighted by atomic mass is 19.1. The molecule has 1 aliphatic rings. The molecule has 0 aromatic heterocycles. The van der Waals surface area contributed by atoms with E-state index in [2.05, 4.69) is 5.32 Å². The van der Waals surface area contributed by atoms with Crippen LogP contribution in [0.2, 0.25) is 0 Å². The zero-order valence-electron chi connectivity index (χ0n) is 12.9. The molecule has 1 N–H and O–H groups in total. The predicted molar refractivity (Wildman–Crippen MR) is 77.7 cm³/mol. The molecule has 0 saturated carbocycles. The molecule has 1 aromatic carbocycles. The number of alkyl carbamates (subject to hydrolysis) is 1. The van der Waals surface area contributed by atoms with Crippen LogP contribution in [-0.4, -0.2) is 30.4 Å². The summed E-state index contributed by atoms with van der Waals surface area (Å²) in [5.41, 5.74) is 1.15. The molecule has 0 radical (unpaired) electrons. The molecule has 0 spiro atoms. The first-order valence-electron chi connectivity index (χ1n) is 7.10. The van der Waals surface area contributed by atoms with Crippen LogP contribution in [0.3, 0.4) is 0 Å². The number of rotatable bonds is 4. The van der Waals surface area contributed by atoms with E-state index in [4.69, 9.17) is 9.47 Å². The number of amides is 1. The molecule has 21 heavy (non-hydrogen) atoms. The van der Waals surface area contributed by atoms with E-state index in [0.29, 0.717) is 13.0 Å². The average molecular weight is 295 g/mol. The van der Waals surface area contributed by atoms with E-state index in [1.807, 2.05) is 33.8 Å². The van der Waals surface area contributed by atoms with Gasteiger partial charge in [0.1, 0.15) is 17.5 Å². The molecule has 0 aliphatic carbocycles. The van der Waals surface area contributed by atoms with E-state index in [9.17, 15) is 9.18 Å². The Labute approximate surface area is 124 Å². The van der Waals surface area contributed by atoms with Crippen molar-refractivity contribution >= 4 is 6.09 Å². The molecular weight excluding hydrogens is 273 g/mol. The van der Waals surface area contributed by atoms with E-state index in [-0.39, 0.29) is 18.0 Å². The molecule has 1 heterocycles. The fourth-order valence-electron chi connectivity index (χ4n) is 2.21. The summed E-state index contributed by atoms with van der Waals surface area (Å²) in [4.78, 5) is 11.9. The van der Waals surface area contributed by atoms with E-state index >= 15 is 0 Å². The zero-order chi connectivity index (χ0) is 15.6. The van der Waals surface area contributed by atoms with Crippen molar-refractivity contribution in [2.24, 2.45) is 0 Å². The van der Waals surface area contributed by atoms with Crippen molar-refractivity contribution in [1.82, 2.24) is 5.32 Å². The minimum atomic E-state index is -0.547. The number of aryl methyl sites for hydroxylation is 1. The normalized spacial score (nSPS) is 19.0. The van der Waals surface area contributed by atoms with Gasteiger partial charge in [-0.3, -0.25) is 0 Å². The largest absolute Gasteiger partial charge is 0.444 e. The Morgan fingerprint density at radius 3 is 2.67 bits per heavy atom. The number of nitrogens with one attached hydrogen (secondary N) is 1. The van der Waals surface area contributed by atoms with Gasteiger partial charge in [-0.1, -0.05) is 6.07 Å². The molecule has 2 rings (SSSR count). The number of carbonyl (C=O) groups is 1. The lowest BCUT2D eigenvalue weighted by molar-refractivity contribution is 0.0495. The van der Waals surface area contributed by atoms with Gasteiger partial charge in [0.05, 0.1) is 12.6 Å². The lowest BCUT2D eigenvalue weighted by atomic mass is 10.0. The van der Waals surface area contributed by atoms with Crippen molar-refractivity contribution in [3.63, 3.8) is 0 Å². The van der Waals surface area contributed by atoms with Gasteiger partial charge in [-0.15, -0.1) is 0 Å². The Morgan fingerprint density at radius 2 is 2.14 bits per heavy atom. The fourth-order valence-corrected chi connectivity index (χ4v) is 2.21. The first kappa shape index (κ1) is 15.8. The van der Waals surface area contributed by atoms with Crippen LogP contribution in [0.15, 0.2) is 18.2 Å². The summed E-state index contributed by atoms with van der Waals surface area (Å²) in [6.07, 6.45) is 0.0138. The number of hydrogen-bond donors (Lipinski definition) is 1. The summed E-state index contributed by atoms with van der Waals surface area (Å²) >= 11 is 0. The minimum absolute atomic E-state index is 0.0268. The lowest BCUT2D eigenvalue weighted by Gasteiger charge is -2.23. The van der Waals surface area contributed by atoms with Crippen molar-refractivity contribution < 1.29 is 18.7 Å². The standard InChI is InChI=1S/C16H22FNO3/c1-10-5-11(7-12(17)6-10)8-13(14-9-20-14)18-15(19)21-16(2,3)4/h5-7,13-14H,8-9H2,1-4H3,(H,18,19)/t13-,14+/m0/s1. The SMILES string of the molecule is Cc1cc(F)cc(C[C@H](NC(=O)OC(C)(C)C)[C@H]2CO2)c1. The molecule has 1 fully saturated rings. The molecule has 4 nitrogen and oxygen atoms in total. The van der Waals surface area contributed by atoms with Gasteiger partial charge >= 0.3 is 6.09 Å². The van der Waals surface area contributed by atoms with Gasteiger partial charge in [0.2, 0.25) is 0 Å². The smallest absolute Gasteiger partial charge is 0.407 e. The fraction of sp³-hybridized carbons (Fsp3) is 0.562. The van der Waals surface area contributed by atoms with Crippen molar-refractivity contribution in [2.75, 3.05) is 6.61 Å². The highest BCUT2D eigenvalue weighted by Gasteiger charge is 2.35. The highest BCUT2D eigenvalue weighted by Crippen LogP contribution is 2.20. The number of halogens is 1. The second-order valence-corrected chi connectivity index (χ2v) is 6.47. The van der Waals surface area contributed by atoms with Gasteiger partial charge in [0.15, 0.2) is 0 Å². The van der Waals surface area contributed by atoms with Gasteiger partial charge in [-0.2, -0.15) is 0 Å². The Bertz CT molecular complexity index is 500. The third kappa shape index (κ3) is 5.34. The highest BCUT2D eigenvalue weighted by molar-refractivity contribution is 5.68. The van der Waals surface area contributed by atoms with Crippen LogP contribution in [0.4, 0.5) is 9.18 Å². The summed E-state index contributed by atoms with van der Waals surface area (Å²) in [7, 11) is 0. The van der Waals surface area contributed by atoms with E-state index < -0.39 is 11.7 Å². The molecular formula is C16H22FNO3. The van der Waals surface area contributed by atoms with Crippen LogP contribution in [0, 0.1) is 12.7 Å². The van der Waals surface area contributed by atoms with Crippen molar-refractivity contribution in [2.45, 2.75) is 51.9 Å². The van der Waals surface area contributed by atoms with Crippen LogP contribution < -0.4 is 5.32 Å². The first-order valence-corrected chi connectivity index (χ1v) is 7.10. The van der Waals surface area contributed by atoms with Gasteiger partial charge in [0, 0.05) is 0 Å². The third-order valence-electron chi connectivity index (χ3n) is 3.07. The van der Waals surface area contributed by atoms with E-state index in [1.54, 1.807) is 0 Å². The Balaban J connectivity index is 2.01. The minimum Gasteiger partial charge on any atom is -0.444 e. The van der Waals surface area contributed by atoms with Crippen molar-refractivity contribution in [3.05, 3.63) is 35.1 Å². The maximum Gasteiger partial charge on any atom is 0.407 e. The van der Waals surface area contributed by atoms with Gasteiger partial charge in [0.25, 0.3) is 0 Å². The summed E-state index contributed by atoms with van der Waals surface area (Å²) in [6.45, 7) is 7.88. The number of epoxide rings is 1. The number of carbonyl (C=O) groups excluding carboxylic acids is 1. The number of ether oxygens (including phenoxy) is 2. The monoisotopic (exact) mass is 295 g/mol. The van der Waals surface area contributed by atoms with Crippen molar-refractivity contribution in [1.29, 1.82) is 0 Å². The Morgan fingerprint density at radius 1 is 1.48 bits per heavy atom. The Hall–Kier alpha value is -1.62. The second kappa shape index (κ2) is 6.02. The van der Waals surface area contributed by atoms with E-state index in [1.165, 1.54) is 12.1 Å². The van der Waals surface area contributed by atoms with E-state index in [0.717, 1.165) is 11.1 Å². The lowest BCUT2D eigenvalue weighted by Crippen LogP contribution is -2.43. The molecule has 0 unspecified atom stereocenters.